The Kier molecular flexibility index (Phi) is 3.20. The fourth-order valence-electron chi connectivity index (χ4n) is 2.77. The van der Waals surface area contributed by atoms with Gasteiger partial charge in [-0.3, -0.25) is 4.57 Å². The SMILES string of the molecule is Cc1ccc(-c2nnc3n2-c2ccc(Cl)cc2NC[C@H]3C)s1. The lowest BCUT2D eigenvalue weighted by atomic mass is 10.1. The molecule has 0 aliphatic carbocycles. The van der Waals surface area contributed by atoms with Gasteiger partial charge in [0.1, 0.15) is 5.82 Å². The molecule has 0 unspecified atom stereocenters. The summed E-state index contributed by atoms with van der Waals surface area (Å²) >= 11 is 7.88. The van der Waals surface area contributed by atoms with E-state index >= 15 is 0 Å². The van der Waals surface area contributed by atoms with Crippen molar-refractivity contribution in [3.05, 3.63) is 46.1 Å². The molecule has 1 aliphatic heterocycles. The number of halogens is 1. The number of fused-ring (bicyclic) bond motifs is 3. The molecule has 4 nitrogen and oxygen atoms in total. The molecule has 22 heavy (non-hydrogen) atoms. The van der Waals surface area contributed by atoms with E-state index in [1.165, 1.54) is 4.88 Å². The molecule has 6 heteroatoms. The molecule has 0 saturated heterocycles. The van der Waals surface area contributed by atoms with E-state index in [4.69, 9.17) is 11.6 Å². The van der Waals surface area contributed by atoms with Crippen LogP contribution < -0.4 is 5.32 Å². The highest BCUT2D eigenvalue weighted by atomic mass is 35.5. The van der Waals surface area contributed by atoms with E-state index in [1.54, 1.807) is 11.3 Å². The number of rotatable bonds is 1. The van der Waals surface area contributed by atoms with Crippen LogP contribution in [0.15, 0.2) is 30.3 Å². The lowest BCUT2D eigenvalue weighted by molar-refractivity contribution is 0.725. The van der Waals surface area contributed by atoms with Crippen molar-refractivity contribution in [2.45, 2.75) is 19.8 Å². The second-order valence-electron chi connectivity index (χ2n) is 5.57. The molecule has 0 fully saturated rings. The maximum Gasteiger partial charge on any atom is 0.178 e. The van der Waals surface area contributed by atoms with Crippen LogP contribution in [0.1, 0.15) is 23.5 Å². The molecule has 0 bridgehead atoms. The Morgan fingerprint density at radius 3 is 2.91 bits per heavy atom. The Hall–Kier alpha value is -1.85. The van der Waals surface area contributed by atoms with E-state index in [0.717, 1.165) is 39.5 Å². The summed E-state index contributed by atoms with van der Waals surface area (Å²) in [6.07, 6.45) is 0. The van der Waals surface area contributed by atoms with Crippen LogP contribution in [0, 0.1) is 6.92 Å². The van der Waals surface area contributed by atoms with Gasteiger partial charge < -0.3 is 5.32 Å². The Labute approximate surface area is 137 Å². The third-order valence-corrected chi connectivity index (χ3v) is 5.12. The zero-order chi connectivity index (χ0) is 15.3. The van der Waals surface area contributed by atoms with Gasteiger partial charge >= 0.3 is 0 Å². The fraction of sp³-hybridized carbons (Fsp3) is 0.250. The number of nitrogens with zero attached hydrogens (tertiary/aromatic N) is 3. The number of nitrogens with one attached hydrogen (secondary N) is 1. The molecule has 1 aromatic carbocycles. The fourth-order valence-corrected chi connectivity index (χ4v) is 3.78. The Morgan fingerprint density at radius 1 is 1.27 bits per heavy atom. The predicted octanol–water partition coefficient (Wildman–Crippen LogP) is 4.49. The van der Waals surface area contributed by atoms with Crippen LogP contribution in [-0.2, 0) is 0 Å². The first-order valence-corrected chi connectivity index (χ1v) is 8.39. The molecule has 0 amide bonds. The third kappa shape index (κ3) is 2.12. The zero-order valence-electron chi connectivity index (χ0n) is 12.3. The van der Waals surface area contributed by atoms with Crippen LogP contribution in [0.5, 0.6) is 0 Å². The van der Waals surface area contributed by atoms with Crippen LogP contribution in [0.25, 0.3) is 16.4 Å². The highest BCUT2D eigenvalue weighted by Gasteiger charge is 2.25. The molecular formula is C16H15ClN4S. The van der Waals surface area contributed by atoms with E-state index in [-0.39, 0.29) is 5.92 Å². The number of hydrogen-bond acceptors (Lipinski definition) is 4. The van der Waals surface area contributed by atoms with Gasteiger partial charge in [-0.2, -0.15) is 0 Å². The first-order chi connectivity index (χ1) is 10.6. The molecule has 0 spiro atoms. The van der Waals surface area contributed by atoms with E-state index < -0.39 is 0 Å². The van der Waals surface area contributed by atoms with Gasteiger partial charge in [0.25, 0.3) is 0 Å². The largest absolute Gasteiger partial charge is 0.383 e. The van der Waals surface area contributed by atoms with E-state index in [9.17, 15) is 0 Å². The topological polar surface area (TPSA) is 42.7 Å². The zero-order valence-corrected chi connectivity index (χ0v) is 13.9. The summed E-state index contributed by atoms with van der Waals surface area (Å²) in [6.45, 7) is 5.07. The molecular weight excluding hydrogens is 316 g/mol. The minimum atomic E-state index is 0.272. The molecule has 1 N–H and O–H groups in total. The van der Waals surface area contributed by atoms with Crippen molar-refractivity contribution in [1.29, 1.82) is 0 Å². The van der Waals surface area contributed by atoms with Crippen LogP contribution in [-0.4, -0.2) is 21.3 Å². The van der Waals surface area contributed by atoms with Gasteiger partial charge in [0.2, 0.25) is 0 Å². The smallest absolute Gasteiger partial charge is 0.178 e. The summed E-state index contributed by atoms with van der Waals surface area (Å²) in [5.74, 6) is 2.15. The summed E-state index contributed by atoms with van der Waals surface area (Å²) < 4.78 is 2.15. The van der Waals surface area contributed by atoms with Crippen molar-refractivity contribution in [2.75, 3.05) is 11.9 Å². The van der Waals surface area contributed by atoms with Crippen molar-refractivity contribution >= 4 is 28.6 Å². The molecule has 0 radical (unpaired) electrons. The maximum atomic E-state index is 6.15. The molecule has 1 aliphatic rings. The Balaban J connectivity index is 1.99. The summed E-state index contributed by atoms with van der Waals surface area (Å²) in [4.78, 5) is 2.40. The van der Waals surface area contributed by atoms with Gasteiger partial charge in [0, 0.05) is 22.4 Å². The summed E-state index contributed by atoms with van der Waals surface area (Å²) in [5.41, 5.74) is 2.07. The second kappa shape index (κ2) is 5.11. The first-order valence-electron chi connectivity index (χ1n) is 7.19. The molecule has 4 rings (SSSR count). The van der Waals surface area contributed by atoms with Gasteiger partial charge in [-0.1, -0.05) is 18.5 Å². The number of anilines is 1. The van der Waals surface area contributed by atoms with Gasteiger partial charge in [-0.15, -0.1) is 21.5 Å². The van der Waals surface area contributed by atoms with Crippen molar-refractivity contribution in [3.8, 4) is 16.4 Å². The number of hydrogen-bond donors (Lipinski definition) is 1. The minimum Gasteiger partial charge on any atom is -0.383 e. The molecule has 2 aromatic heterocycles. The summed E-state index contributed by atoms with van der Waals surface area (Å²) in [5, 5.41) is 13.1. The number of aryl methyl sites for hydroxylation is 1. The normalized spacial score (nSPS) is 16.6. The molecule has 112 valence electrons. The highest BCUT2D eigenvalue weighted by molar-refractivity contribution is 7.15. The summed E-state index contributed by atoms with van der Waals surface area (Å²) in [6, 6.07) is 10.1. The van der Waals surface area contributed by atoms with E-state index in [2.05, 4.69) is 46.1 Å². The van der Waals surface area contributed by atoms with Crippen molar-refractivity contribution in [3.63, 3.8) is 0 Å². The Morgan fingerprint density at radius 2 is 2.14 bits per heavy atom. The lowest BCUT2D eigenvalue weighted by Gasteiger charge is -2.11. The number of thiophene rings is 1. The van der Waals surface area contributed by atoms with E-state index in [0.29, 0.717) is 0 Å². The molecule has 3 aromatic rings. The van der Waals surface area contributed by atoms with Crippen LogP contribution in [0.2, 0.25) is 5.02 Å². The van der Waals surface area contributed by atoms with Crippen molar-refractivity contribution in [2.24, 2.45) is 0 Å². The lowest BCUT2D eigenvalue weighted by Crippen LogP contribution is -2.09. The van der Waals surface area contributed by atoms with Gasteiger partial charge in [-0.05, 0) is 37.3 Å². The maximum absolute atomic E-state index is 6.15. The predicted molar refractivity (Wildman–Crippen MR) is 91.3 cm³/mol. The average Bonchev–Trinajstić information content (AvgIpc) is 3.08. The van der Waals surface area contributed by atoms with Gasteiger partial charge in [-0.25, -0.2) is 0 Å². The monoisotopic (exact) mass is 330 g/mol. The Bertz CT molecular complexity index is 852. The third-order valence-electron chi connectivity index (χ3n) is 3.89. The molecule has 1 atom stereocenters. The molecule has 3 heterocycles. The quantitative estimate of drug-likeness (QED) is 0.715. The number of aromatic nitrogens is 3. The standard InChI is InChI=1S/C16H15ClN4S/c1-9-8-18-12-7-11(17)4-5-13(12)21-15(9)19-20-16(21)14-6-3-10(2)22-14/h3-7,9,18H,8H2,1-2H3/t9-/m1/s1. The van der Waals surface area contributed by atoms with Gasteiger partial charge in [0.05, 0.1) is 16.3 Å². The summed E-state index contributed by atoms with van der Waals surface area (Å²) in [7, 11) is 0. The molecule has 0 saturated carbocycles. The average molecular weight is 331 g/mol. The van der Waals surface area contributed by atoms with Crippen LogP contribution in [0.3, 0.4) is 0 Å². The highest BCUT2D eigenvalue weighted by Crippen LogP contribution is 2.36. The number of benzene rings is 1. The van der Waals surface area contributed by atoms with Crippen molar-refractivity contribution in [1.82, 2.24) is 14.8 Å². The van der Waals surface area contributed by atoms with Crippen LogP contribution >= 0.6 is 22.9 Å². The second-order valence-corrected chi connectivity index (χ2v) is 7.30. The first kappa shape index (κ1) is 13.8. The van der Waals surface area contributed by atoms with Gasteiger partial charge in [0.15, 0.2) is 5.82 Å². The van der Waals surface area contributed by atoms with E-state index in [1.807, 2.05) is 18.2 Å². The minimum absolute atomic E-state index is 0.272. The van der Waals surface area contributed by atoms with Crippen molar-refractivity contribution < 1.29 is 0 Å². The van der Waals surface area contributed by atoms with Crippen LogP contribution in [0.4, 0.5) is 5.69 Å².